The van der Waals surface area contributed by atoms with Gasteiger partial charge in [-0.2, -0.15) is 0 Å². The van der Waals surface area contributed by atoms with Crippen LogP contribution in [0.3, 0.4) is 0 Å². The second kappa shape index (κ2) is 12.2. The number of aryl methyl sites for hydroxylation is 2. The van der Waals surface area contributed by atoms with Crippen molar-refractivity contribution in [1.82, 2.24) is 0 Å². The van der Waals surface area contributed by atoms with Gasteiger partial charge < -0.3 is 20.1 Å². The Balaban J connectivity index is 1.33. The van der Waals surface area contributed by atoms with E-state index in [-0.39, 0.29) is 25.4 Å². The predicted molar refractivity (Wildman–Crippen MR) is 131 cm³/mol. The Morgan fingerprint density at radius 3 is 2.06 bits per heavy atom. The first-order valence-electron chi connectivity index (χ1n) is 11.0. The van der Waals surface area contributed by atoms with Crippen molar-refractivity contribution in [1.29, 1.82) is 0 Å². The van der Waals surface area contributed by atoms with Crippen molar-refractivity contribution in [3.8, 4) is 11.5 Å². The molecule has 0 saturated carbocycles. The average Bonchev–Trinajstić information content (AvgIpc) is 2.82. The summed E-state index contributed by atoms with van der Waals surface area (Å²) in [6, 6.07) is 22.1. The number of ether oxygens (including phenoxy) is 2. The van der Waals surface area contributed by atoms with Gasteiger partial charge in [0.15, 0.2) is 6.61 Å². The van der Waals surface area contributed by atoms with Gasteiger partial charge in [0.2, 0.25) is 5.91 Å². The molecule has 0 atom stereocenters. The lowest BCUT2D eigenvalue weighted by molar-refractivity contribution is -0.147. The van der Waals surface area contributed by atoms with Crippen molar-refractivity contribution >= 4 is 29.2 Å². The minimum Gasteiger partial charge on any atom is -0.457 e. The first-order chi connectivity index (χ1) is 16.4. The number of rotatable bonds is 10. The SMILES string of the molecule is Cc1ccc(Oc2ccc(NC(=O)CCCC(=O)OCC(=O)Nc3ccccc3C)cc2)cc1. The van der Waals surface area contributed by atoms with Gasteiger partial charge in [-0.25, -0.2) is 0 Å². The van der Waals surface area contributed by atoms with E-state index in [1.54, 1.807) is 30.3 Å². The molecule has 7 heteroatoms. The maximum Gasteiger partial charge on any atom is 0.306 e. The summed E-state index contributed by atoms with van der Waals surface area (Å²) in [5.74, 6) is 0.260. The Hall–Kier alpha value is -4.13. The summed E-state index contributed by atoms with van der Waals surface area (Å²) in [4.78, 5) is 35.9. The van der Waals surface area contributed by atoms with Gasteiger partial charge in [-0.3, -0.25) is 14.4 Å². The first kappa shape index (κ1) is 24.5. The summed E-state index contributed by atoms with van der Waals surface area (Å²) >= 11 is 0. The quantitative estimate of drug-likeness (QED) is 0.396. The van der Waals surface area contributed by atoms with Crippen LogP contribution in [0, 0.1) is 13.8 Å². The molecule has 34 heavy (non-hydrogen) atoms. The van der Waals surface area contributed by atoms with E-state index >= 15 is 0 Å². The molecule has 0 aromatic heterocycles. The van der Waals surface area contributed by atoms with Gasteiger partial charge in [0.1, 0.15) is 11.5 Å². The second-order valence-electron chi connectivity index (χ2n) is 7.87. The third-order valence-electron chi connectivity index (χ3n) is 4.96. The highest BCUT2D eigenvalue weighted by Crippen LogP contribution is 2.23. The zero-order valence-corrected chi connectivity index (χ0v) is 19.3. The van der Waals surface area contributed by atoms with Gasteiger partial charge in [-0.15, -0.1) is 0 Å². The van der Waals surface area contributed by atoms with Crippen molar-refractivity contribution in [3.63, 3.8) is 0 Å². The van der Waals surface area contributed by atoms with Gasteiger partial charge >= 0.3 is 5.97 Å². The van der Waals surface area contributed by atoms with Crippen LogP contribution in [0.1, 0.15) is 30.4 Å². The molecule has 3 rings (SSSR count). The minimum absolute atomic E-state index is 0.0500. The van der Waals surface area contributed by atoms with Crippen LogP contribution in [-0.4, -0.2) is 24.4 Å². The summed E-state index contributed by atoms with van der Waals surface area (Å²) < 4.78 is 10.8. The number of carbonyl (C=O) groups excluding carboxylic acids is 3. The van der Waals surface area contributed by atoms with Gasteiger partial charge in [0, 0.05) is 24.2 Å². The molecule has 0 heterocycles. The molecule has 3 aromatic carbocycles. The van der Waals surface area contributed by atoms with E-state index in [4.69, 9.17) is 9.47 Å². The van der Waals surface area contributed by atoms with Crippen molar-refractivity contribution in [2.75, 3.05) is 17.2 Å². The molecule has 0 bridgehead atoms. The number of benzene rings is 3. The molecule has 0 fully saturated rings. The predicted octanol–water partition coefficient (Wildman–Crippen LogP) is 5.39. The van der Waals surface area contributed by atoms with Crippen LogP contribution in [0.5, 0.6) is 11.5 Å². The lowest BCUT2D eigenvalue weighted by Crippen LogP contribution is -2.21. The average molecular weight is 461 g/mol. The molecule has 0 spiro atoms. The van der Waals surface area contributed by atoms with Crippen molar-refractivity contribution in [3.05, 3.63) is 83.9 Å². The van der Waals surface area contributed by atoms with E-state index in [0.29, 0.717) is 23.5 Å². The fourth-order valence-corrected chi connectivity index (χ4v) is 3.08. The highest BCUT2D eigenvalue weighted by Gasteiger charge is 2.10. The molecule has 176 valence electrons. The number of hydrogen-bond acceptors (Lipinski definition) is 5. The molecule has 2 amide bonds. The zero-order chi connectivity index (χ0) is 24.3. The normalized spacial score (nSPS) is 10.3. The third-order valence-corrected chi connectivity index (χ3v) is 4.96. The van der Waals surface area contributed by atoms with Gasteiger partial charge in [-0.05, 0) is 68.3 Å². The molecular weight excluding hydrogens is 432 g/mol. The number of amides is 2. The number of nitrogens with one attached hydrogen (secondary N) is 2. The topological polar surface area (TPSA) is 93.7 Å². The maximum atomic E-state index is 12.1. The summed E-state index contributed by atoms with van der Waals surface area (Å²) in [5, 5.41) is 5.48. The highest BCUT2D eigenvalue weighted by molar-refractivity contribution is 5.93. The van der Waals surface area contributed by atoms with Crippen LogP contribution in [0.15, 0.2) is 72.8 Å². The van der Waals surface area contributed by atoms with Crippen LogP contribution < -0.4 is 15.4 Å². The second-order valence-corrected chi connectivity index (χ2v) is 7.87. The smallest absolute Gasteiger partial charge is 0.306 e. The molecule has 7 nitrogen and oxygen atoms in total. The molecule has 0 aliphatic carbocycles. The Labute approximate surface area is 199 Å². The largest absolute Gasteiger partial charge is 0.457 e. The van der Waals surface area contributed by atoms with E-state index in [0.717, 1.165) is 16.9 Å². The van der Waals surface area contributed by atoms with Crippen LogP contribution in [-0.2, 0) is 19.1 Å². The van der Waals surface area contributed by atoms with Crippen LogP contribution in [0.2, 0.25) is 0 Å². The molecule has 0 aliphatic rings. The molecule has 0 unspecified atom stereocenters. The molecule has 0 aliphatic heterocycles. The van der Waals surface area contributed by atoms with Crippen LogP contribution in [0.4, 0.5) is 11.4 Å². The number of carbonyl (C=O) groups is 3. The summed E-state index contributed by atoms with van der Waals surface area (Å²) in [6.45, 7) is 3.52. The summed E-state index contributed by atoms with van der Waals surface area (Å²) in [5.41, 5.74) is 3.38. The van der Waals surface area contributed by atoms with E-state index < -0.39 is 11.9 Å². The number of para-hydroxylation sites is 1. The maximum absolute atomic E-state index is 12.1. The standard InChI is InChI=1S/C27H28N2O5/c1-19-10-14-22(15-11-19)34-23-16-12-21(13-17-23)28-25(30)8-5-9-27(32)33-18-26(31)29-24-7-4-3-6-20(24)2/h3-4,6-7,10-17H,5,8-9,18H2,1-2H3,(H,28,30)(H,29,31). The van der Waals surface area contributed by atoms with Crippen LogP contribution >= 0.6 is 0 Å². The third kappa shape index (κ3) is 8.09. The van der Waals surface area contributed by atoms with Crippen molar-refractivity contribution < 1.29 is 23.9 Å². The van der Waals surface area contributed by atoms with E-state index in [1.165, 1.54) is 0 Å². The monoisotopic (exact) mass is 460 g/mol. The number of hydrogen-bond donors (Lipinski definition) is 2. The lowest BCUT2D eigenvalue weighted by atomic mass is 10.2. The molecular formula is C27H28N2O5. The zero-order valence-electron chi connectivity index (χ0n) is 19.3. The van der Waals surface area contributed by atoms with Gasteiger partial charge in [0.25, 0.3) is 5.91 Å². The van der Waals surface area contributed by atoms with E-state index in [1.807, 2.05) is 56.3 Å². The fraction of sp³-hybridized carbons (Fsp3) is 0.222. The molecule has 2 N–H and O–H groups in total. The van der Waals surface area contributed by atoms with Crippen LogP contribution in [0.25, 0.3) is 0 Å². The molecule has 0 radical (unpaired) electrons. The molecule has 0 saturated heterocycles. The lowest BCUT2D eigenvalue weighted by Gasteiger charge is -2.09. The summed E-state index contributed by atoms with van der Waals surface area (Å²) in [7, 11) is 0. The van der Waals surface area contributed by atoms with E-state index in [9.17, 15) is 14.4 Å². The summed E-state index contributed by atoms with van der Waals surface area (Å²) in [6.07, 6.45) is 0.527. The minimum atomic E-state index is -0.523. The highest BCUT2D eigenvalue weighted by atomic mass is 16.5. The molecule has 3 aromatic rings. The Morgan fingerprint density at radius 1 is 0.735 bits per heavy atom. The Morgan fingerprint density at radius 2 is 1.38 bits per heavy atom. The van der Waals surface area contributed by atoms with Gasteiger partial charge in [-0.1, -0.05) is 35.9 Å². The van der Waals surface area contributed by atoms with Gasteiger partial charge in [0.05, 0.1) is 0 Å². The number of anilines is 2. The Kier molecular flexibility index (Phi) is 8.80. The van der Waals surface area contributed by atoms with Crippen molar-refractivity contribution in [2.45, 2.75) is 33.1 Å². The first-order valence-corrected chi connectivity index (χ1v) is 11.0. The fourth-order valence-electron chi connectivity index (χ4n) is 3.08. The number of esters is 1. The Bertz CT molecular complexity index is 1120. The van der Waals surface area contributed by atoms with Crippen molar-refractivity contribution in [2.24, 2.45) is 0 Å². The van der Waals surface area contributed by atoms with E-state index in [2.05, 4.69) is 10.6 Å².